The second-order valence-electron chi connectivity index (χ2n) is 6.95. The Bertz CT molecular complexity index is 801. The highest BCUT2D eigenvalue weighted by atomic mass is 127. The van der Waals surface area contributed by atoms with Crippen LogP contribution in [-0.4, -0.2) is 56.9 Å². The van der Waals surface area contributed by atoms with Gasteiger partial charge in [0, 0.05) is 31.1 Å². The summed E-state index contributed by atoms with van der Waals surface area (Å²) >= 11 is 1.77. The predicted molar refractivity (Wildman–Crippen MR) is 135 cm³/mol. The highest BCUT2D eigenvalue weighted by Crippen LogP contribution is 2.25. The zero-order valence-corrected chi connectivity index (χ0v) is 21.3. The van der Waals surface area contributed by atoms with E-state index in [-0.39, 0.29) is 41.6 Å². The first kappa shape index (κ1) is 25.8. The van der Waals surface area contributed by atoms with Gasteiger partial charge in [0.25, 0.3) is 0 Å². The molecule has 0 aliphatic carbocycles. The number of thiophene rings is 1. The first-order valence-corrected chi connectivity index (χ1v) is 11.4. The molecule has 2 heterocycles. The number of guanidine groups is 1. The molecule has 3 rings (SSSR count). The minimum atomic E-state index is -0.354. The summed E-state index contributed by atoms with van der Waals surface area (Å²) in [5, 5.41) is 8.86. The molecule has 0 bridgehead atoms. The Morgan fingerprint density at radius 3 is 2.71 bits per heavy atom. The van der Waals surface area contributed by atoms with Crippen molar-refractivity contribution in [2.45, 2.75) is 26.4 Å². The highest BCUT2D eigenvalue weighted by molar-refractivity contribution is 14.0. The van der Waals surface area contributed by atoms with Gasteiger partial charge in [-0.2, -0.15) is 0 Å². The minimum Gasteiger partial charge on any atom is -0.491 e. The molecule has 1 aromatic heterocycles. The molecule has 0 saturated carbocycles. The van der Waals surface area contributed by atoms with E-state index < -0.39 is 0 Å². The number of nitrogens with one attached hydrogen (secondary N) is 2. The Morgan fingerprint density at radius 2 is 2.06 bits per heavy atom. The number of benzene rings is 1. The van der Waals surface area contributed by atoms with Gasteiger partial charge < -0.3 is 20.1 Å². The first-order chi connectivity index (χ1) is 14.7. The number of ether oxygens (including phenoxy) is 2. The van der Waals surface area contributed by atoms with Crippen molar-refractivity contribution >= 4 is 41.3 Å². The van der Waals surface area contributed by atoms with E-state index in [0.717, 1.165) is 50.9 Å². The Hall–Kier alpha value is -1.43. The van der Waals surface area contributed by atoms with Crippen LogP contribution in [0.2, 0.25) is 0 Å². The van der Waals surface area contributed by atoms with E-state index in [9.17, 15) is 4.39 Å². The third kappa shape index (κ3) is 7.89. The van der Waals surface area contributed by atoms with Gasteiger partial charge in [0.15, 0.2) is 17.5 Å². The molecule has 1 aliphatic rings. The minimum absolute atomic E-state index is 0. The second-order valence-corrected chi connectivity index (χ2v) is 7.93. The van der Waals surface area contributed by atoms with Gasteiger partial charge in [-0.15, -0.1) is 35.3 Å². The van der Waals surface area contributed by atoms with Crippen LogP contribution in [0.3, 0.4) is 0 Å². The Morgan fingerprint density at radius 1 is 1.26 bits per heavy atom. The topological polar surface area (TPSA) is 58.1 Å². The van der Waals surface area contributed by atoms with Crippen molar-refractivity contribution in [2.24, 2.45) is 4.99 Å². The lowest BCUT2D eigenvalue weighted by molar-refractivity contribution is 0.0177. The summed E-state index contributed by atoms with van der Waals surface area (Å²) in [6, 6.07) is 9.53. The summed E-state index contributed by atoms with van der Waals surface area (Å²) in [4.78, 5) is 8.43. The van der Waals surface area contributed by atoms with Crippen LogP contribution in [0.5, 0.6) is 5.75 Å². The molecular weight excluding hydrogens is 530 g/mol. The lowest BCUT2D eigenvalue weighted by atomic mass is 10.2. The number of halogens is 2. The van der Waals surface area contributed by atoms with Crippen LogP contribution in [0, 0.1) is 5.82 Å². The van der Waals surface area contributed by atoms with E-state index in [1.807, 2.05) is 19.9 Å². The fraction of sp³-hybridized carbons (Fsp3) is 0.500. The molecule has 0 radical (unpaired) electrons. The van der Waals surface area contributed by atoms with Crippen LogP contribution in [0.25, 0.3) is 0 Å². The quantitative estimate of drug-likeness (QED) is 0.275. The molecule has 2 N–H and O–H groups in total. The summed E-state index contributed by atoms with van der Waals surface area (Å²) < 4.78 is 24.9. The van der Waals surface area contributed by atoms with Crippen molar-refractivity contribution in [2.75, 3.05) is 46.0 Å². The zero-order valence-electron chi connectivity index (χ0n) is 18.1. The van der Waals surface area contributed by atoms with Gasteiger partial charge in [0.05, 0.1) is 32.4 Å². The van der Waals surface area contributed by atoms with Crippen LogP contribution in [-0.2, 0) is 11.3 Å². The molecule has 172 valence electrons. The van der Waals surface area contributed by atoms with E-state index in [2.05, 4.69) is 38.0 Å². The SMILES string of the molecule is CCNC(=NCc1ccc(OCC)c(F)c1)NCC(c1cccs1)N1CCOCC1.I. The monoisotopic (exact) mass is 562 g/mol. The summed E-state index contributed by atoms with van der Waals surface area (Å²) in [6.45, 7) is 9.57. The fourth-order valence-corrected chi connectivity index (χ4v) is 4.26. The van der Waals surface area contributed by atoms with Crippen molar-refractivity contribution < 1.29 is 13.9 Å². The molecule has 31 heavy (non-hydrogen) atoms. The standard InChI is InChI=1S/C22H31FN4O2S.HI/c1-3-24-22(25-15-17-7-8-20(29-4-2)18(23)14-17)26-16-19(21-6-5-13-30-21)27-9-11-28-12-10-27;/h5-8,13-14,19H,3-4,9-12,15-16H2,1-2H3,(H2,24,25,26);1H. The maximum Gasteiger partial charge on any atom is 0.191 e. The fourth-order valence-electron chi connectivity index (χ4n) is 3.40. The van der Waals surface area contributed by atoms with Crippen LogP contribution in [0.15, 0.2) is 40.7 Å². The third-order valence-electron chi connectivity index (χ3n) is 4.88. The van der Waals surface area contributed by atoms with E-state index in [1.165, 1.54) is 10.9 Å². The second kappa shape index (κ2) is 13.9. The van der Waals surface area contributed by atoms with Crippen molar-refractivity contribution in [3.05, 3.63) is 52.0 Å². The number of nitrogens with zero attached hydrogens (tertiary/aromatic N) is 2. The van der Waals surface area contributed by atoms with Crippen molar-refractivity contribution in [1.29, 1.82) is 0 Å². The van der Waals surface area contributed by atoms with E-state index in [4.69, 9.17) is 9.47 Å². The molecule has 1 saturated heterocycles. The lowest BCUT2D eigenvalue weighted by Crippen LogP contribution is -2.46. The largest absolute Gasteiger partial charge is 0.491 e. The van der Waals surface area contributed by atoms with Crippen LogP contribution in [0.1, 0.15) is 30.3 Å². The van der Waals surface area contributed by atoms with Gasteiger partial charge in [0.2, 0.25) is 0 Å². The third-order valence-corrected chi connectivity index (χ3v) is 5.85. The highest BCUT2D eigenvalue weighted by Gasteiger charge is 2.23. The molecule has 1 atom stereocenters. The molecule has 1 aromatic carbocycles. The molecule has 2 aromatic rings. The Balaban J connectivity index is 0.00000341. The molecular formula is C22H32FIN4O2S. The van der Waals surface area contributed by atoms with Crippen molar-refractivity contribution in [3.63, 3.8) is 0 Å². The van der Waals surface area contributed by atoms with Crippen molar-refractivity contribution in [1.82, 2.24) is 15.5 Å². The average Bonchev–Trinajstić information content (AvgIpc) is 3.29. The maximum absolute atomic E-state index is 14.1. The lowest BCUT2D eigenvalue weighted by Gasteiger charge is -2.34. The average molecular weight is 562 g/mol. The number of hydrogen-bond donors (Lipinski definition) is 2. The van der Waals surface area contributed by atoms with E-state index in [0.29, 0.717) is 13.2 Å². The smallest absolute Gasteiger partial charge is 0.191 e. The van der Waals surface area contributed by atoms with Crippen LogP contribution in [0.4, 0.5) is 4.39 Å². The van der Waals surface area contributed by atoms with Gasteiger partial charge in [-0.3, -0.25) is 4.90 Å². The molecule has 1 fully saturated rings. The first-order valence-electron chi connectivity index (χ1n) is 10.5. The van der Waals surface area contributed by atoms with E-state index in [1.54, 1.807) is 17.4 Å². The Labute approximate surface area is 205 Å². The number of hydrogen-bond acceptors (Lipinski definition) is 5. The number of rotatable bonds is 9. The molecule has 0 amide bonds. The van der Waals surface area contributed by atoms with Crippen LogP contribution < -0.4 is 15.4 Å². The summed E-state index contributed by atoms with van der Waals surface area (Å²) in [7, 11) is 0. The van der Waals surface area contributed by atoms with Gasteiger partial charge in [-0.1, -0.05) is 12.1 Å². The normalized spacial score (nSPS) is 15.8. The molecule has 1 unspecified atom stereocenters. The summed E-state index contributed by atoms with van der Waals surface area (Å²) in [5.41, 5.74) is 0.802. The summed E-state index contributed by atoms with van der Waals surface area (Å²) in [6.07, 6.45) is 0. The Kier molecular flexibility index (Phi) is 11.6. The molecule has 9 heteroatoms. The molecule has 6 nitrogen and oxygen atoms in total. The van der Waals surface area contributed by atoms with Crippen LogP contribution >= 0.6 is 35.3 Å². The predicted octanol–water partition coefficient (Wildman–Crippen LogP) is 4.03. The van der Waals surface area contributed by atoms with Gasteiger partial charge in [-0.05, 0) is 43.0 Å². The number of morpholine rings is 1. The number of aliphatic imine (C=N–C) groups is 1. The molecule has 1 aliphatic heterocycles. The maximum atomic E-state index is 14.1. The zero-order chi connectivity index (χ0) is 21.2. The van der Waals surface area contributed by atoms with Crippen molar-refractivity contribution in [3.8, 4) is 5.75 Å². The van der Waals surface area contributed by atoms with Gasteiger partial charge in [0.1, 0.15) is 0 Å². The summed E-state index contributed by atoms with van der Waals surface area (Å²) in [5.74, 6) is 0.647. The van der Waals surface area contributed by atoms with E-state index >= 15 is 0 Å². The van der Waals surface area contributed by atoms with Gasteiger partial charge >= 0.3 is 0 Å². The van der Waals surface area contributed by atoms with Gasteiger partial charge in [-0.25, -0.2) is 9.38 Å². The molecule has 0 spiro atoms.